The summed E-state index contributed by atoms with van der Waals surface area (Å²) < 4.78 is 0. The van der Waals surface area contributed by atoms with Gasteiger partial charge in [0.2, 0.25) is 0 Å². The molecule has 27 heavy (non-hydrogen) atoms. The quantitative estimate of drug-likeness (QED) is 0.662. The molecule has 1 aromatic rings. The molecule has 6 nitrogen and oxygen atoms in total. The number of unbranched alkanes of at least 4 members (excludes halogenated alkanes) is 1. The highest BCUT2D eigenvalue weighted by atomic mass is 35.5. The van der Waals surface area contributed by atoms with Gasteiger partial charge in [-0.3, -0.25) is 0 Å². The summed E-state index contributed by atoms with van der Waals surface area (Å²) in [5.74, 6) is 1.59. The number of anilines is 1. The predicted octanol–water partition coefficient (Wildman–Crippen LogP) is 2.53. The summed E-state index contributed by atoms with van der Waals surface area (Å²) in [6.07, 6.45) is 8.33. The van der Waals surface area contributed by atoms with Crippen molar-refractivity contribution in [3.05, 3.63) is 40.5 Å². The van der Waals surface area contributed by atoms with Crippen LogP contribution in [-0.4, -0.2) is 35.6 Å². The fourth-order valence-corrected chi connectivity index (χ4v) is 3.83. The second-order valence-electron chi connectivity index (χ2n) is 7.56. The Hall–Kier alpha value is -1.63. The Morgan fingerprint density at radius 2 is 2.19 bits per heavy atom. The standard InChI is InChI=1S/C20H31ClN6/c1-3-5-6-14-11-18(27-10-8-15(13-27)24-4-2)26-19(25-14)20(23)9-7-16(21)17(22)12-20/h7,9,11,15,24H,3-6,8,10,12-13,22-23H2,1-2H3. The minimum absolute atomic E-state index is 0.430. The number of nitrogens with two attached hydrogens (primary N) is 2. The lowest BCUT2D eigenvalue weighted by Gasteiger charge is -2.29. The molecule has 2 unspecified atom stereocenters. The van der Waals surface area contributed by atoms with Crippen molar-refractivity contribution in [2.24, 2.45) is 11.5 Å². The monoisotopic (exact) mass is 390 g/mol. The Labute approximate surface area is 167 Å². The average Bonchev–Trinajstić information content (AvgIpc) is 3.12. The van der Waals surface area contributed by atoms with Crippen LogP contribution in [-0.2, 0) is 12.0 Å². The van der Waals surface area contributed by atoms with E-state index in [1.165, 1.54) is 0 Å². The van der Waals surface area contributed by atoms with Gasteiger partial charge >= 0.3 is 0 Å². The van der Waals surface area contributed by atoms with E-state index in [4.69, 9.17) is 33.0 Å². The summed E-state index contributed by atoms with van der Waals surface area (Å²) >= 11 is 6.12. The van der Waals surface area contributed by atoms with Gasteiger partial charge in [-0.1, -0.05) is 37.9 Å². The molecular weight excluding hydrogens is 360 g/mol. The van der Waals surface area contributed by atoms with E-state index in [1.807, 2.05) is 6.08 Å². The van der Waals surface area contributed by atoms with Crippen LogP contribution < -0.4 is 21.7 Å². The largest absolute Gasteiger partial charge is 0.401 e. The van der Waals surface area contributed by atoms with E-state index in [9.17, 15) is 0 Å². The van der Waals surface area contributed by atoms with Gasteiger partial charge in [0, 0.05) is 43.0 Å². The number of halogens is 1. The van der Waals surface area contributed by atoms with Crippen molar-refractivity contribution < 1.29 is 0 Å². The van der Waals surface area contributed by atoms with Crippen LogP contribution in [0, 0.1) is 0 Å². The first-order valence-corrected chi connectivity index (χ1v) is 10.3. The van der Waals surface area contributed by atoms with Crippen LogP contribution in [0.5, 0.6) is 0 Å². The molecule has 0 spiro atoms. The summed E-state index contributed by atoms with van der Waals surface area (Å²) in [4.78, 5) is 12.0. The lowest BCUT2D eigenvalue weighted by molar-refractivity contribution is 0.504. The van der Waals surface area contributed by atoms with Gasteiger partial charge in [-0.25, -0.2) is 9.97 Å². The first kappa shape index (κ1) is 20.1. The Morgan fingerprint density at radius 3 is 2.89 bits per heavy atom. The topological polar surface area (TPSA) is 93.1 Å². The normalized spacial score (nSPS) is 25.5. The lowest BCUT2D eigenvalue weighted by Crippen LogP contribution is -2.40. The van der Waals surface area contributed by atoms with Crippen LogP contribution in [0.2, 0.25) is 0 Å². The maximum absolute atomic E-state index is 6.66. The zero-order chi connectivity index (χ0) is 19.4. The van der Waals surface area contributed by atoms with Gasteiger partial charge in [0.15, 0.2) is 5.82 Å². The van der Waals surface area contributed by atoms with E-state index in [0.717, 1.165) is 56.8 Å². The molecule has 0 saturated carbocycles. The molecule has 2 heterocycles. The van der Waals surface area contributed by atoms with Crippen LogP contribution in [0.15, 0.2) is 28.9 Å². The molecule has 0 amide bonds. The highest BCUT2D eigenvalue weighted by molar-refractivity contribution is 6.31. The van der Waals surface area contributed by atoms with Gasteiger partial charge in [-0.2, -0.15) is 0 Å². The molecule has 7 heteroatoms. The number of nitrogens with zero attached hydrogens (tertiary/aromatic N) is 3. The van der Waals surface area contributed by atoms with Gasteiger partial charge in [-0.05, 0) is 31.9 Å². The highest BCUT2D eigenvalue weighted by Gasteiger charge is 2.33. The van der Waals surface area contributed by atoms with Gasteiger partial charge in [0.05, 0.1) is 5.03 Å². The zero-order valence-corrected chi connectivity index (χ0v) is 17.1. The smallest absolute Gasteiger partial charge is 0.155 e. The molecule has 2 aliphatic rings. The molecule has 1 aliphatic heterocycles. The molecule has 148 valence electrons. The van der Waals surface area contributed by atoms with Crippen LogP contribution in [0.4, 0.5) is 5.82 Å². The summed E-state index contributed by atoms with van der Waals surface area (Å²) in [6.45, 7) is 7.26. The molecule has 1 saturated heterocycles. The summed E-state index contributed by atoms with van der Waals surface area (Å²) in [5.41, 5.74) is 13.5. The highest BCUT2D eigenvalue weighted by Crippen LogP contribution is 2.32. The molecule has 2 atom stereocenters. The minimum atomic E-state index is -0.819. The Balaban J connectivity index is 1.91. The van der Waals surface area contributed by atoms with E-state index in [0.29, 0.717) is 29.0 Å². The maximum atomic E-state index is 6.66. The molecule has 1 aliphatic carbocycles. The van der Waals surface area contributed by atoms with Crippen molar-refractivity contribution in [1.29, 1.82) is 0 Å². The number of aryl methyl sites for hydroxylation is 1. The molecule has 1 fully saturated rings. The minimum Gasteiger partial charge on any atom is -0.401 e. The predicted molar refractivity (Wildman–Crippen MR) is 112 cm³/mol. The second-order valence-corrected chi connectivity index (χ2v) is 7.96. The number of hydrogen-bond acceptors (Lipinski definition) is 6. The van der Waals surface area contributed by atoms with Gasteiger partial charge in [-0.15, -0.1) is 0 Å². The summed E-state index contributed by atoms with van der Waals surface area (Å²) in [7, 11) is 0. The van der Waals surface area contributed by atoms with Crippen molar-refractivity contribution in [2.45, 2.75) is 57.5 Å². The fraction of sp³-hybridized carbons (Fsp3) is 0.600. The zero-order valence-electron chi connectivity index (χ0n) is 16.3. The maximum Gasteiger partial charge on any atom is 0.155 e. The Morgan fingerprint density at radius 1 is 1.37 bits per heavy atom. The number of likely N-dealkylation sites (N-methyl/N-ethyl adjacent to an activating group) is 1. The number of rotatable bonds is 7. The fourth-order valence-electron chi connectivity index (χ4n) is 3.70. The third-order valence-electron chi connectivity index (χ3n) is 5.29. The van der Waals surface area contributed by atoms with Crippen molar-refractivity contribution in [1.82, 2.24) is 15.3 Å². The third kappa shape index (κ3) is 4.62. The second kappa shape index (κ2) is 8.59. The van der Waals surface area contributed by atoms with Crippen LogP contribution in [0.3, 0.4) is 0 Å². The van der Waals surface area contributed by atoms with Gasteiger partial charge in [0.25, 0.3) is 0 Å². The summed E-state index contributed by atoms with van der Waals surface area (Å²) in [6, 6.07) is 2.63. The van der Waals surface area contributed by atoms with E-state index in [1.54, 1.807) is 6.08 Å². The average molecular weight is 391 g/mol. The Kier molecular flexibility index (Phi) is 6.40. The molecule has 0 radical (unpaired) electrons. The van der Waals surface area contributed by atoms with Crippen molar-refractivity contribution in [2.75, 3.05) is 24.5 Å². The van der Waals surface area contributed by atoms with Crippen molar-refractivity contribution >= 4 is 17.4 Å². The first-order valence-electron chi connectivity index (χ1n) is 9.94. The van der Waals surface area contributed by atoms with E-state index < -0.39 is 5.54 Å². The SMILES string of the molecule is CCCCc1cc(N2CCC(NCC)C2)nc(C2(N)C=CC(Cl)=C(N)C2)n1. The van der Waals surface area contributed by atoms with Gasteiger partial charge in [0.1, 0.15) is 11.4 Å². The van der Waals surface area contributed by atoms with Crippen LogP contribution in [0.1, 0.15) is 51.0 Å². The molecular formula is C20H31ClN6. The van der Waals surface area contributed by atoms with E-state index in [2.05, 4.69) is 30.1 Å². The molecule has 3 rings (SSSR count). The molecule has 0 aromatic carbocycles. The first-order chi connectivity index (χ1) is 12.9. The Bertz CT molecular complexity index is 731. The lowest BCUT2D eigenvalue weighted by atomic mass is 9.89. The molecule has 0 bridgehead atoms. The number of hydrogen-bond donors (Lipinski definition) is 3. The van der Waals surface area contributed by atoms with Crippen molar-refractivity contribution in [3.63, 3.8) is 0 Å². The third-order valence-corrected chi connectivity index (χ3v) is 5.66. The number of nitrogens with one attached hydrogen (secondary N) is 1. The van der Waals surface area contributed by atoms with Crippen LogP contribution in [0.25, 0.3) is 0 Å². The number of aromatic nitrogens is 2. The van der Waals surface area contributed by atoms with Crippen LogP contribution >= 0.6 is 11.6 Å². The van der Waals surface area contributed by atoms with Gasteiger partial charge < -0.3 is 21.7 Å². The summed E-state index contributed by atoms with van der Waals surface area (Å²) in [5, 5.41) is 4.08. The van der Waals surface area contributed by atoms with E-state index >= 15 is 0 Å². The molecule has 5 N–H and O–H groups in total. The number of allylic oxidation sites excluding steroid dienone is 2. The molecule has 1 aromatic heterocycles. The van der Waals surface area contributed by atoms with Crippen molar-refractivity contribution in [3.8, 4) is 0 Å². The van der Waals surface area contributed by atoms with E-state index in [-0.39, 0.29) is 0 Å².